The Morgan fingerprint density at radius 3 is 2.62 bits per heavy atom. The van der Waals surface area contributed by atoms with E-state index in [1.165, 1.54) is 26.4 Å². The Hall–Kier alpha value is -3.58. The molecule has 34 heavy (non-hydrogen) atoms. The number of methoxy groups -OCH3 is 2. The minimum absolute atomic E-state index is 0.113. The highest BCUT2D eigenvalue weighted by Crippen LogP contribution is 2.53. The van der Waals surface area contributed by atoms with E-state index in [4.69, 9.17) is 25.8 Å². The number of hydrogen-bond acceptors (Lipinski definition) is 7. The molecule has 0 saturated heterocycles. The number of pyridine rings is 1. The van der Waals surface area contributed by atoms with E-state index in [0.717, 1.165) is 22.3 Å². The first-order chi connectivity index (χ1) is 16.3. The molecule has 174 valence electrons. The lowest BCUT2D eigenvalue weighted by Crippen LogP contribution is -2.55. The van der Waals surface area contributed by atoms with Crippen LogP contribution in [0.4, 0.5) is 5.69 Å². The van der Waals surface area contributed by atoms with Crippen LogP contribution in [0.5, 0.6) is 17.2 Å². The number of rotatable bonds is 4. The molecule has 0 unspecified atom stereocenters. The molecule has 1 aliphatic heterocycles. The Bertz CT molecular complexity index is 1400. The van der Waals surface area contributed by atoms with Gasteiger partial charge in [0.15, 0.2) is 5.75 Å². The molecule has 2 aliphatic rings. The number of nitrogens with zero attached hydrogens (tertiary/aromatic N) is 1. The molecular weight excluding hydrogens is 456 g/mol. The molecule has 0 bridgehead atoms. The van der Waals surface area contributed by atoms with E-state index in [1.54, 1.807) is 0 Å². The van der Waals surface area contributed by atoms with Gasteiger partial charge in [0.1, 0.15) is 22.1 Å². The average molecular weight is 479 g/mol. The fourth-order valence-corrected chi connectivity index (χ4v) is 5.00. The second-order valence-electron chi connectivity index (χ2n) is 8.56. The maximum atomic E-state index is 13.6. The summed E-state index contributed by atoms with van der Waals surface area (Å²) < 4.78 is 16.8. The Kier molecular flexibility index (Phi) is 5.24. The van der Waals surface area contributed by atoms with Gasteiger partial charge in [0.25, 0.3) is 0 Å². The van der Waals surface area contributed by atoms with Crippen molar-refractivity contribution in [2.75, 3.05) is 19.5 Å². The SMILES string of the molecule is COc1cc(OC)c2c(c1Cl)O[C@@]1(C(=O)C=C(Nc3cccc4ccc(C)nc34)C[C@H]1C)C2=O. The Morgan fingerprint density at radius 2 is 1.91 bits per heavy atom. The van der Waals surface area contributed by atoms with Gasteiger partial charge in [0.2, 0.25) is 17.2 Å². The highest BCUT2D eigenvalue weighted by atomic mass is 35.5. The summed E-state index contributed by atoms with van der Waals surface area (Å²) in [7, 11) is 2.90. The Balaban J connectivity index is 1.53. The largest absolute Gasteiger partial charge is 0.496 e. The number of carbonyl (C=O) groups is 2. The zero-order valence-electron chi connectivity index (χ0n) is 19.2. The van der Waals surface area contributed by atoms with Crippen molar-refractivity contribution < 1.29 is 23.8 Å². The molecule has 2 heterocycles. The monoisotopic (exact) mass is 478 g/mol. The summed E-state index contributed by atoms with van der Waals surface area (Å²) in [6.45, 7) is 3.75. The lowest BCUT2D eigenvalue weighted by atomic mass is 9.74. The maximum Gasteiger partial charge on any atom is 0.236 e. The first kappa shape index (κ1) is 22.2. The van der Waals surface area contributed by atoms with Gasteiger partial charge < -0.3 is 19.5 Å². The zero-order valence-corrected chi connectivity index (χ0v) is 19.9. The quantitative estimate of drug-likeness (QED) is 0.520. The molecule has 8 heteroatoms. The summed E-state index contributed by atoms with van der Waals surface area (Å²) in [5, 5.41) is 4.47. The average Bonchev–Trinajstić information content (AvgIpc) is 3.13. The number of nitrogens with one attached hydrogen (secondary N) is 1. The van der Waals surface area contributed by atoms with E-state index in [9.17, 15) is 9.59 Å². The first-order valence-corrected chi connectivity index (χ1v) is 11.2. The number of aryl methyl sites for hydroxylation is 1. The van der Waals surface area contributed by atoms with Gasteiger partial charge in [-0.1, -0.05) is 36.7 Å². The van der Waals surface area contributed by atoms with E-state index < -0.39 is 23.1 Å². The second-order valence-corrected chi connectivity index (χ2v) is 8.94. The predicted octanol–water partition coefficient (Wildman–Crippen LogP) is 5.13. The zero-order chi connectivity index (χ0) is 24.2. The van der Waals surface area contributed by atoms with Crippen molar-refractivity contribution in [3.8, 4) is 17.2 Å². The first-order valence-electron chi connectivity index (χ1n) is 10.9. The third kappa shape index (κ3) is 3.15. The molecule has 1 aliphatic carbocycles. The fourth-order valence-electron chi connectivity index (χ4n) is 4.73. The molecule has 3 aromatic rings. The molecule has 1 N–H and O–H groups in total. The van der Waals surface area contributed by atoms with Crippen LogP contribution in [0.15, 0.2) is 48.2 Å². The van der Waals surface area contributed by atoms with Crippen LogP contribution in [0.2, 0.25) is 5.02 Å². The number of ether oxygens (including phenoxy) is 3. The fraction of sp³-hybridized carbons (Fsp3) is 0.269. The standard InChI is InChI=1S/C26H23ClN2O5/c1-13-10-16(29-17-7-5-6-15-9-8-14(2)28-23(15)17)11-20(30)26(13)25(31)21-18(32-3)12-19(33-4)22(27)24(21)34-26/h5-9,11-13,29H,10H2,1-4H3/t13-,26+/m1/s1. The van der Waals surface area contributed by atoms with Crippen molar-refractivity contribution >= 4 is 39.8 Å². The summed E-state index contributed by atoms with van der Waals surface area (Å²) >= 11 is 6.45. The van der Waals surface area contributed by atoms with Crippen molar-refractivity contribution in [1.29, 1.82) is 0 Å². The van der Waals surface area contributed by atoms with E-state index in [1.807, 2.05) is 44.2 Å². The molecule has 1 spiro atoms. The molecular formula is C26H23ClN2O5. The van der Waals surface area contributed by atoms with Gasteiger partial charge in [0.05, 0.1) is 25.4 Å². The molecule has 1 aromatic heterocycles. The molecule has 0 saturated carbocycles. The smallest absolute Gasteiger partial charge is 0.236 e. The van der Waals surface area contributed by atoms with Crippen LogP contribution < -0.4 is 19.5 Å². The van der Waals surface area contributed by atoms with Crippen molar-refractivity contribution in [2.45, 2.75) is 25.9 Å². The van der Waals surface area contributed by atoms with E-state index in [2.05, 4.69) is 10.3 Å². The Labute approximate surface area is 201 Å². The third-order valence-corrected chi connectivity index (χ3v) is 6.82. The maximum absolute atomic E-state index is 13.6. The number of fused-ring (bicyclic) bond motifs is 2. The van der Waals surface area contributed by atoms with Crippen LogP contribution in [0.1, 0.15) is 29.4 Å². The van der Waals surface area contributed by atoms with Gasteiger partial charge in [-0.25, -0.2) is 0 Å². The van der Waals surface area contributed by atoms with E-state index in [0.29, 0.717) is 17.9 Å². The van der Waals surface area contributed by atoms with Crippen LogP contribution in [-0.2, 0) is 4.79 Å². The number of hydrogen-bond donors (Lipinski definition) is 1. The van der Waals surface area contributed by atoms with Gasteiger partial charge >= 0.3 is 0 Å². The van der Waals surface area contributed by atoms with Crippen molar-refractivity contribution in [2.24, 2.45) is 5.92 Å². The lowest BCUT2D eigenvalue weighted by Gasteiger charge is -2.35. The number of Topliss-reactive ketones (excluding diaryl/α,β-unsaturated/α-hetero) is 1. The number of para-hydroxylation sites is 1. The Morgan fingerprint density at radius 1 is 1.15 bits per heavy atom. The highest BCUT2D eigenvalue weighted by Gasteiger charge is 2.60. The van der Waals surface area contributed by atoms with Gasteiger partial charge in [0, 0.05) is 34.8 Å². The number of anilines is 1. The summed E-state index contributed by atoms with van der Waals surface area (Å²) in [5.41, 5.74) is 1.64. The van der Waals surface area contributed by atoms with Crippen LogP contribution >= 0.6 is 11.6 Å². The van der Waals surface area contributed by atoms with Crippen LogP contribution in [0.25, 0.3) is 10.9 Å². The molecule has 7 nitrogen and oxygen atoms in total. The second kappa shape index (κ2) is 8.02. The number of aromatic nitrogens is 1. The normalized spacial score (nSPS) is 21.3. The van der Waals surface area contributed by atoms with Gasteiger partial charge in [-0.15, -0.1) is 0 Å². The van der Waals surface area contributed by atoms with E-state index in [-0.39, 0.29) is 22.1 Å². The number of allylic oxidation sites excluding steroid dienone is 1. The number of benzene rings is 2. The van der Waals surface area contributed by atoms with Crippen LogP contribution in [0.3, 0.4) is 0 Å². The molecule has 2 atom stereocenters. The van der Waals surface area contributed by atoms with Gasteiger partial charge in [-0.3, -0.25) is 14.6 Å². The summed E-state index contributed by atoms with van der Waals surface area (Å²) in [6.07, 6.45) is 1.85. The van der Waals surface area contributed by atoms with Crippen molar-refractivity contribution in [1.82, 2.24) is 4.98 Å². The minimum atomic E-state index is -1.70. The molecule has 0 amide bonds. The summed E-state index contributed by atoms with van der Waals surface area (Å²) in [6, 6.07) is 11.3. The highest BCUT2D eigenvalue weighted by molar-refractivity contribution is 6.36. The van der Waals surface area contributed by atoms with E-state index >= 15 is 0 Å². The predicted molar refractivity (Wildman–Crippen MR) is 129 cm³/mol. The third-order valence-electron chi connectivity index (χ3n) is 6.46. The molecule has 0 fully saturated rings. The molecule has 5 rings (SSSR count). The summed E-state index contributed by atoms with van der Waals surface area (Å²) in [4.78, 5) is 31.8. The number of carbonyl (C=O) groups excluding carboxylic acids is 2. The minimum Gasteiger partial charge on any atom is -0.496 e. The lowest BCUT2D eigenvalue weighted by molar-refractivity contribution is -0.129. The topological polar surface area (TPSA) is 86.8 Å². The van der Waals surface area contributed by atoms with Crippen molar-refractivity contribution in [3.05, 3.63) is 64.5 Å². The summed E-state index contributed by atoms with van der Waals surface area (Å²) in [5.74, 6) is -0.709. The molecule has 0 radical (unpaired) electrons. The number of halogens is 1. The molecule has 2 aromatic carbocycles. The van der Waals surface area contributed by atoms with Crippen LogP contribution in [-0.4, -0.2) is 36.4 Å². The van der Waals surface area contributed by atoms with Gasteiger partial charge in [-0.05, 0) is 25.5 Å². The van der Waals surface area contributed by atoms with Crippen molar-refractivity contribution in [3.63, 3.8) is 0 Å². The number of ketones is 2. The van der Waals surface area contributed by atoms with Gasteiger partial charge in [-0.2, -0.15) is 0 Å². The van der Waals surface area contributed by atoms with Crippen LogP contribution in [0, 0.1) is 12.8 Å².